The van der Waals surface area contributed by atoms with Crippen LogP contribution in [0.5, 0.6) is 11.5 Å². The number of rotatable bonds is 6. The predicted molar refractivity (Wildman–Crippen MR) is 115 cm³/mol. The topological polar surface area (TPSA) is 76.7 Å². The van der Waals surface area contributed by atoms with E-state index in [9.17, 15) is 9.59 Å². The van der Waals surface area contributed by atoms with Gasteiger partial charge in [0.05, 0.1) is 6.42 Å². The van der Waals surface area contributed by atoms with Crippen LogP contribution in [0, 0.1) is 0 Å². The number of hydrogen-bond acceptors (Lipinski definition) is 4. The standard InChI is InChI=1S/C24H28N2O4/c1-17(27)26-20-7-4-18(5-8-20)14-23(28)25-16-24(10-2-3-11-24)19-6-9-21-22(15-19)30-13-12-29-21/h4-9,15H,2-3,10-14,16H2,1H3,(H,25,28)(H,26,27). The van der Waals surface area contributed by atoms with Gasteiger partial charge in [0.15, 0.2) is 11.5 Å². The molecule has 1 heterocycles. The van der Waals surface area contributed by atoms with E-state index < -0.39 is 0 Å². The second-order valence-corrected chi connectivity index (χ2v) is 8.18. The quantitative estimate of drug-likeness (QED) is 0.766. The van der Waals surface area contributed by atoms with Gasteiger partial charge < -0.3 is 20.1 Å². The Balaban J connectivity index is 1.40. The molecular formula is C24H28N2O4. The fraction of sp³-hybridized carbons (Fsp3) is 0.417. The summed E-state index contributed by atoms with van der Waals surface area (Å²) in [4.78, 5) is 23.7. The first-order valence-electron chi connectivity index (χ1n) is 10.6. The summed E-state index contributed by atoms with van der Waals surface area (Å²) in [7, 11) is 0. The molecule has 2 aliphatic rings. The lowest BCUT2D eigenvalue weighted by Gasteiger charge is -2.31. The van der Waals surface area contributed by atoms with E-state index in [1.165, 1.54) is 12.5 Å². The molecule has 0 aromatic heterocycles. The Kier molecular flexibility index (Phi) is 5.93. The van der Waals surface area contributed by atoms with Gasteiger partial charge in [-0.3, -0.25) is 9.59 Å². The number of anilines is 1. The maximum atomic E-state index is 12.6. The van der Waals surface area contributed by atoms with E-state index in [2.05, 4.69) is 22.8 Å². The Morgan fingerprint density at radius 3 is 2.37 bits per heavy atom. The molecule has 0 spiro atoms. The fourth-order valence-corrected chi connectivity index (χ4v) is 4.42. The zero-order chi connectivity index (χ0) is 21.0. The first kappa shape index (κ1) is 20.3. The second-order valence-electron chi connectivity index (χ2n) is 8.18. The van der Waals surface area contributed by atoms with E-state index in [-0.39, 0.29) is 17.2 Å². The van der Waals surface area contributed by atoms with Gasteiger partial charge in [0, 0.05) is 24.6 Å². The number of carbonyl (C=O) groups is 2. The molecule has 0 bridgehead atoms. The van der Waals surface area contributed by atoms with Crippen molar-refractivity contribution in [2.24, 2.45) is 0 Å². The largest absolute Gasteiger partial charge is 0.486 e. The number of benzene rings is 2. The van der Waals surface area contributed by atoms with Crippen molar-refractivity contribution in [1.82, 2.24) is 5.32 Å². The normalized spacial score (nSPS) is 16.7. The average Bonchev–Trinajstić information content (AvgIpc) is 3.23. The minimum absolute atomic E-state index is 0.00564. The molecule has 0 unspecified atom stereocenters. The van der Waals surface area contributed by atoms with Crippen molar-refractivity contribution in [2.75, 3.05) is 25.1 Å². The third-order valence-corrected chi connectivity index (χ3v) is 5.98. The van der Waals surface area contributed by atoms with E-state index in [0.29, 0.717) is 26.2 Å². The van der Waals surface area contributed by atoms with E-state index in [0.717, 1.165) is 48.4 Å². The molecular weight excluding hydrogens is 380 g/mol. The lowest BCUT2D eigenvalue weighted by molar-refractivity contribution is -0.120. The van der Waals surface area contributed by atoms with Crippen LogP contribution in [-0.4, -0.2) is 31.6 Å². The van der Waals surface area contributed by atoms with E-state index in [4.69, 9.17) is 9.47 Å². The van der Waals surface area contributed by atoms with Crippen molar-refractivity contribution < 1.29 is 19.1 Å². The molecule has 6 nitrogen and oxygen atoms in total. The lowest BCUT2D eigenvalue weighted by Crippen LogP contribution is -2.39. The number of ether oxygens (including phenoxy) is 2. The fourth-order valence-electron chi connectivity index (χ4n) is 4.42. The Hall–Kier alpha value is -3.02. The molecule has 1 saturated carbocycles. The minimum Gasteiger partial charge on any atom is -0.486 e. The van der Waals surface area contributed by atoms with Crippen LogP contribution in [0.1, 0.15) is 43.7 Å². The van der Waals surface area contributed by atoms with Gasteiger partial charge in [-0.05, 0) is 48.2 Å². The third kappa shape index (κ3) is 4.58. The minimum atomic E-state index is -0.110. The Morgan fingerprint density at radius 2 is 1.67 bits per heavy atom. The zero-order valence-electron chi connectivity index (χ0n) is 17.3. The Labute approximate surface area is 177 Å². The number of amides is 2. The molecule has 1 fully saturated rings. The zero-order valence-corrected chi connectivity index (χ0v) is 17.3. The van der Waals surface area contributed by atoms with Gasteiger partial charge in [-0.15, -0.1) is 0 Å². The monoisotopic (exact) mass is 408 g/mol. The third-order valence-electron chi connectivity index (χ3n) is 5.98. The maximum Gasteiger partial charge on any atom is 0.224 e. The smallest absolute Gasteiger partial charge is 0.224 e. The summed E-state index contributed by atoms with van der Waals surface area (Å²) in [6.45, 7) is 3.25. The van der Waals surface area contributed by atoms with Crippen molar-refractivity contribution in [3.8, 4) is 11.5 Å². The number of fused-ring (bicyclic) bond motifs is 1. The van der Waals surface area contributed by atoms with Crippen LogP contribution in [0.25, 0.3) is 0 Å². The van der Waals surface area contributed by atoms with Crippen molar-refractivity contribution >= 4 is 17.5 Å². The first-order chi connectivity index (χ1) is 14.5. The summed E-state index contributed by atoms with van der Waals surface area (Å²) >= 11 is 0. The summed E-state index contributed by atoms with van der Waals surface area (Å²) in [5.41, 5.74) is 2.81. The number of nitrogens with one attached hydrogen (secondary N) is 2. The van der Waals surface area contributed by atoms with Gasteiger partial charge in [0.2, 0.25) is 11.8 Å². The number of carbonyl (C=O) groups excluding carboxylic acids is 2. The van der Waals surface area contributed by atoms with Gasteiger partial charge >= 0.3 is 0 Å². The predicted octanol–water partition coefficient (Wildman–Crippen LogP) is 3.59. The first-order valence-corrected chi connectivity index (χ1v) is 10.6. The lowest BCUT2D eigenvalue weighted by atomic mass is 9.78. The molecule has 6 heteroatoms. The summed E-state index contributed by atoms with van der Waals surface area (Å²) in [6.07, 6.45) is 4.75. The summed E-state index contributed by atoms with van der Waals surface area (Å²) in [5, 5.41) is 5.89. The summed E-state index contributed by atoms with van der Waals surface area (Å²) in [6, 6.07) is 13.6. The van der Waals surface area contributed by atoms with Crippen LogP contribution in [0.2, 0.25) is 0 Å². The Bertz CT molecular complexity index is 917. The second kappa shape index (κ2) is 8.78. The molecule has 0 saturated heterocycles. The molecule has 1 aliphatic heterocycles. The highest BCUT2D eigenvalue weighted by molar-refractivity contribution is 5.88. The van der Waals surface area contributed by atoms with E-state index >= 15 is 0 Å². The highest BCUT2D eigenvalue weighted by Crippen LogP contribution is 2.43. The molecule has 30 heavy (non-hydrogen) atoms. The molecule has 0 radical (unpaired) electrons. The van der Waals surface area contributed by atoms with E-state index in [1.54, 1.807) is 0 Å². The molecule has 2 amide bonds. The van der Waals surface area contributed by atoms with E-state index in [1.807, 2.05) is 30.3 Å². The van der Waals surface area contributed by atoms with Crippen molar-refractivity contribution in [3.05, 3.63) is 53.6 Å². The van der Waals surface area contributed by atoms with Crippen molar-refractivity contribution in [1.29, 1.82) is 0 Å². The maximum absolute atomic E-state index is 12.6. The SMILES string of the molecule is CC(=O)Nc1ccc(CC(=O)NCC2(c3ccc4c(c3)OCCO4)CCCC2)cc1. The van der Waals surface area contributed by atoms with Crippen LogP contribution in [0.3, 0.4) is 0 Å². The molecule has 1 aliphatic carbocycles. The average molecular weight is 408 g/mol. The van der Waals surface area contributed by atoms with Gasteiger partial charge in [0.25, 0.3) is 0 Å². The van der Waals surface area contributed by atoms with Crippen molar-refractivity contribution in [2.45, 2.75) is 44.4 Å². The highest BCUT2D eigenvalue weighted by atomic mass is 16.6. The van der Waals surface area contributed by atoms with Gasteiger partial charge in [-0.25, -0.2) is 0 Å². The van der Waals surface area contributed by atoms with Gasteiger partial charge in [-0.2, -0.15) is 0 Å². The van der Waals surface area contributed by atoms with Crippen LogP contribution in [0.15, 0.2) is 42.5 Å². The molecule has 4 rings (SSSR count). The molecule has 158 valence electrons. The van der Waals surface area contributed by atoms with Crippen LogP contribution < -0.4 is 20.1 Å². The molecule has 0 atom stereocenters. The van der Waals surface area contributed by atoms with Gasteiger partial charge in [-0.1, -0.05) is 31.0 Å². The summed E-state index contributed by atoms with van der Waals surface area (Å²) < 4.78 is 11.4. The van der Waals surface area contributed by atoms with Crippen LogP contribution >= 0.6 is 0 Å². The van der Waals surface area contributed by atoms with Crippen molar-refractivity contribution in [3.63, 3.8) is 0 Å². The van der Waals surface area contributed by atoms with Crippen LogP contribution in [0.4, 0.5) is 5.69 Å². The Morgan fingerprint density at radius 1 is 0.967 bits per heavy atom. The summed E-state index contributed by atoms with van der Waals surface area (Å²) in [5.74, 6) is 1.49. The molecule has 2 aromatic rings. The number of hydrogen-bond donors (Lipinski definition) is 2. The molecule has 2 aromatic carbocycles. The molecule has 2 N–H and O–H groups in total. The van der Waals surface area contributed by atoms with Crippen LogP contribution in [-0.2, 0) is 21.4 Å². The highest BCUT2D eigenvalue weighted by Gasteiger charge is 2.36. The van der Waals surface area contributed by atoms with Gasteiger partial charge in [0.1, 0.15) is 13.2 Å².